The van der Waals surface area contributed by atoms with Crippen LogP contribution in [0.2, 0.25) is 5.02 Å². The highest BCUT2D eigenvalue weighted by molar-refractivity contribution is 7.99. The average Bonchev–Trinajstić information content (AvgIpc) is 2.22. The SMILES string of the molecule is Oc1cccc(Sc2ccncc2Cl)c1. The second-order valence-corrected chi connectivity index (χ2v) is 4.43. The molecule has 1 heterocycles. The van der Waals surface area contributed by atoms with Crippen LogP contribution in [0.15, 0.2) is 52.5 Å². The second-order valence-electron chi connectivity index (χ2n) is 2.91. The van der Waals surface area contributed by atoms with Crippen LogP contribution in [0, 0.1) is 0 Å². The molecule has 1 aromatic carbocycles. The summed E-state index contributed by atoms with van der Waals surface area (Å²) in [6, 6.07) is 8.89. The summed E-state index contributed by atoms with van der Waals surface area (Å²) in [5.41, 5.74) is 0. The number of phenols is 1. The number of rotatable bonds is 2. The number of hydrogen-bond acceptors (Lipinski definition) is 3. The number of nitrogens with zero attached hydrogens (tertiary/aromatic N) is 1. The number of benzene rings is 1. The number of aromatic hydroxyl groups is 1. The molecule has 1 N–H and O–H groups in total. The minimum atomic E-state index is 0.255. The first-order valence-corrected chi connectivity index (χ1v) is 5.51. The van der Waals surface area contributed by atoms with Gasteiger partial charge in [-0.05, 0) is 24.3 Å². The fourth-order valence-electron chi connectivity index (χ4n) is 1.12. The van der Waals surface area contributed by atoms with Gasteiger partial charge in [-0.3, -0.25) is 4.98 Å². The lowest BCUT2D eigenvalue weighted by Crippen LogP contribution is -1.77. The molecule has 0 aliphatic carbocycles. The Hall–Kier alpha value is -1.19. The summed E-state index contributed by atoms with van der Waals surface area (Å²) >= 11 is 7.46. The quantitative estimate of drug-likeness (QED) is 0.867. The minimum absolute atomic E-state index is 0.255. The molecule has 0 unspecified atom stereocenters. The molecule has 0 saturated carbocycles. The standard InChI is InChI=1S/C11H8ClNOS/c12-10-7-13-5-4-11(10)15-9-3-1-2-8(14)6-9/h1-7,14H. The monoisotopic (exact) mass is 237 g/mol. The molecule has 0 bridgehead atoms. The smallest absolute Gasteiger partial charge is 0.116 e. The summed E-state index contributed by atoms with van der Waals surface area (Å²) in [6.07, 6.45) is 3.30. The third-order valence-corrected chi connectivity index (χ3v) is 3.26. The van der Waals surface area contributed by atoms with Gasteiger partial charge in [-0.25, -0.2) is 0 Å². The highest BCUT2D eigenvalue weighted by atomic mass is 35.5. The molecule has 0 atom stereocenters. The van der Waals surface area contributed by atoms with Gasteiger partial charge in [-0.1, -0.05) is 29.4 Å². The number of hydrogen-bond donors (Lipinski definition) is 1. The van der Waals surface area contributed by atoms with Crippen LogP contribution in [0.3, 0.4) is 0 Å². The van der Waals surface area contributed by atoms with Crippen molar-refractivity contribution in [2.75, 3.05) is 0 Å². The molecule has 1 aromatic heterocycles. The highest BCUT2D eigenvalue weighted by Crippen LogP contribution is 2.33. The molecule has 2 aromatic rings. The van der Waals surface area contributed by atoms with E-state index in [1.54, 1.807) is 30.6 Å². The van der Waals surface area contributed by atoms with Crippen molar-refractivity contribution in [3.05, 3.63) is 47.7 Å². The van der Waals surface area contributed by atoms with Gasteiger partial charge in [-0.15, -0.1) is 0 Å². The first-order chi connectivity index (χ1) is 7.25. The number of aromatic nitrogens is 1. The lowest BCUT2D eigenvalue weighted by atomic mass is 10.3. The van der Waals surface area contributed by atoms with Gasteiger partial charge in [0.05, 0.1) is 5.02 Å². The van der Waals surface area contributed by atoms with Crippen molar-refractivity contribution in [3.63, 3.8) is 0 Å². The Labute approximate surface area is 96.9 Å². The van der Waals surface area contributed by atoms with E-state index >= 15 is 0 Å². The normalized spacial score (nSPS) is 10.2. The maximum atomic E-state index is 9.30. The molecule has 0 saturated heterocycles. The fraction of sp³-hybridized carbons (Fsp3) is 0. The molecule has 0 spiro atoms. The van der Waals surface area contributed by atoms with E-state index < -0.39 is 0 Å². The molecule has 2 nitrogen and oxygen atoms in total. The van der Waals surface area contributed by atoms with Crippen molar-refractivity contribution in [2.24, 2.45) is 0 Å². The van der Waals surface area contributed by atoms with Crippen LogP contribution in [0.5, 0.6) is 5.75 Å². The van der Waals surface area contributed by atoms with Gasteiger partial charge in [0.25, 0.3) is 0 Å². The van der Waals surface area contributed by atoms with E-state index in [0.717, 1.165) is 9.79 Å². The molecule has 0 radical (unpaired) electrons. The van der Waals surface area contributed by atoms with Crippen molar-refractivity contribution in [3.8, 4) is 5.75 Å². The van der Waals surface area contributed by atoms with E-state index in [0.29, 0.717) is 5.02 Å². The maximum absolute atomic E-state index is 9.30. The van der Waals surface area contributed by atoms with E-state index in [2.05, 4.69) is 4.98 Å². The average molecular weight is 238 g/mol. The molecule has 0 aliphatic rings. The van der Waals surface area contributed by atoms with Crippen LogP contribution in [0.25, 0.3) is 0 Å². The van der Waals surface area contributed by atoms with Crippen molar-refractivity contribution < 1.29 is 5.11 Å². The predicted octanol–water partition coefficient (Wildman–Crippen LogP) is 3.59. The Balaban J connectivity index is 2.26. The molecule has 0 fully saturated rings. The Bertz CT molecular complexity index is 476. The Morgan fingerprint density at radius 1 is 1.27 bits per heavy atom. The van der Waals surface area contributed by atoms with Gasteiger partial charge in [0, 0.05) is 22.2 Å². The highest BCUT2D eigenvalue weighted by Gasteiger charge is 2.02. The third kappa shape index (κ3) is 2.64. The summed E-state index contributed by atoms with van der Waals surface area (Å²) in [5.74, 6) is 0.255. The predicted molar refractivity (Wildman–Crippen MR) is 61.5 cm³/mol. The second kappa shape index (κ2) is 4.55. The molecular weight excluding hydrogens is 230 g/mol. The maximum Gasteiger partial charge on any atom is 0.116 e. The summed E-state index contributed by atoms with van der Waals surface area (Å²) in [7, 11) is 0. The third-order valence-electron chi connectivity index (χ3n) is 1.78. The molecule has 4 heteroatoms. The zero-order valence-electron chi connectivity index (χ0n) is 7.72. The minimum Gasteiger partial charge on any atom is -0.508 e. The Morgan fingerprint density at radius 3 is 2.87 bits per heavy atom. The van der Waals surface area contributed by atoms with Gasteiger partial charge < -0.3 is 5.11 Å². The van der Waals surface area contributed by atoms with Crippen LogP contribution in [0.1, 0.15) is 0 Å². The summed E-state index contributed by atoms with van der Waals surface area (Å²) in [5, 5.41) is 9.92. The number of pyridine rings is 1. The topological polar surface area (TPSA) is 33.1 Å². The van der Waals surface area contributed by atoms with Crippen molar-refractivity contribution >= 4 is 23.4 Å². The molecule has 0 aliphatic heterocycles. The van der Waals surface area contributed by atoms with Crippen LogP contribution in [-0.2, 0) is 0 Å². The molecule has 15 heavy (non-hydrogen) atoms. The summed E-state index contributed by atoms with van der Waals surface area (Å²) < 4.78 is 0. The Morgan fingerprint density at radius 2 is 2.13 bits per heavy atom. The van der Waals surface area contributed by atoms with Gasteiger partial charge >= 0.3 is 0 Å². The Kier molecular flexibility index (Phi) is 3.14. The number of phenolic OH excluding ortho intramolecular Hbond substituents is 1. The lowest BCUT2D eigenvalue weighted by Gasteiger charge is -2.03. The van der Waals surface area contributed by atoms with Crippen molar-refractivity contribution in [1.82, 2.24) is 4.98 Å². The molecule has 76 valence electrons. The molecule has 2 rings (SSSR count). The van der Waals surface area contributed by atoms with E-state index in [1.165, 1.54) is 11.8 Å². The van der Waals surface area contributed by atoms with Crippen LogP contribution < -0.4 is 0 Å². The summed E-state index contributed by atoms with van der Waals surface area (Å²) in [6.45, 7) is 0. The fourth-order valence-corrected chi connectivity index (χ4v) is 2.21. The van der Waals surface area contributed by atoms with E-state index in [9.17, 15) is 5.11 Å². The van der Waals surface area contributed by atoms with Crippen molar-refractivity contribution in [1.29, 1.82) is 0 Å². The van der Waals surface area contributed by atoms with E-state index in [-0.39, 0.29) is 5.75 Å². The molecule has 0 amide bonds. The lowest BCUT2D eigenvalue weighted by molar-refractivity contribution is 0.474. The largest absolute Gasteiger partial charge is 0.508 e. The van der Waals surface area contributed by atoms with Gasteiger partial charge in [0.15, 0.2) is 0 Å². The number of halogens is 1. The van der Waals surface area contributed by atoms with E-state index in [1.807, 2.05) is 12.1 Å². The first kappa shape index (κ1) is 10.3. The molecular formula is C11H8ClNOS. The zero-order valence-corrected chi connectivity index (χ0v) is 9.29. The van der Waals surface area contributed by atoms with Crippen LogP contribution in [0.4, 0.5) is 0 Å². The van der Waals surface area contributed by atoms with E-state index in [4.69, 9.17) is 11.6 Å². The van der Waals surface area contributed by atoms with Crippen LogP contribution >= 0.6 is 23.4 Å². The van der Waals surface area contributed by atoms with Gasteiger partial charge in [-0.2, -0.15) is 0 Å². The van der Waals surface area contributed by atoms with Gasteiger partial charge in [0.1, 0.15) is 5.75 Å². The first-order valence-electron chi connectivity index (χ1n) is 4.32. The summed E-state index contributed by atoms with van der Waals surface area (Å²) in [4.78, 5) is 5.78. The zero-order chi connectivity index (χ0) is 10.7. The van der Waals surface area contributed by atoms with Crippen molar-refractivity contribution in [2.45, 2.75) is 9.79 Å². The van der Waals surface area contributed by atoms with Crippen LogP contribution in [-0.4, -0.2) is 10.1 Å². The van der Waals surface area contributed by atoms with Gasteiger partial charge in [0.2, 0.25) is 0 Å².